The van der Waals surface area contributed by atoms with Crippen LogP contribution in [0, 0.1) is 13.8 Å². The molecular weight excluding hydrogens is 406 g/mol. The van der Waals surface area contributed by atoms with Crippen molar-refractivity contribution >= 4 is 38.9 Å². The van der Waals surface area contributed by atoms with E-state index >= 15 is 0 Å². The number of hydrogen-bond donors (Lipinski definition) is 2. The normalized spacial score (nSPS) is 13.0. The van der Waals surface area contributed by atoms with E-state index < -0.39 is 15.9 Å². The van der Waals surface area contributed by atoms with Gasteiger partial charge in [-0.25, -0.2) is 8.42 Å². The Morgan fingerprint density at radius 1 is 1.11 bits per heavy atom. The predicted octanol–water partition coefficient (Wildman–Crippen LogP) is 4.10. The molecular formula is C18H14ClN3O5S. The lowest BCUT2D eigenvalue weighted by atomic mass is 10.1. The maximum absolute atomic E-state index is 12.7. The van der Waals surface area contributed by atoms with Gasteiger partial charge in [0.25, 0.3) is 15.9 Å². The first-order chi connectivity index (χ1) is 13.2. The van der Waals surface area contributed by atoms with Gasteiger partial charge in [0.05, 0.1) is 11.3 Å². The maximum Gasteiger partial charge on any atom is 0.267 e. The zero-order valence-electron chi connectivity index (χ0n) is 14.7. The van der Waals surface area contributed by atoms with Gasteiger partial charge >= 0.3 is 0 Å². The highest BCUT2D eigenvalue weighted by atomic mass is 35.5. The highest BCUT2D eigenvalue weighted by Crippen LogP contribution is 2.38. The highest BCUT2D eigenvalue weighted by Gasteiger charge is 2.26. The second-order valence-corrected chi connectivity index (χ2v) is 8.22. The molecule has 144 valence electrons. The zero-order valence-corrected chi connectivity index (χ0v) is 16.3. The summed E-state index contributed by atoms with van der Waals surface area (Å²) in [4.78, 5) is 12.6. The van der Waals surface area contributed by atoms with Gasteiger partial charge in [-0.3, -0.25) is 9.52 Å². The molecule has 8 nitrogen and oxygen atoms in total. The molecule has 4 rings (SSSR count). The van der Waals surface area contributed by atoms with E-state index in [-0.39, 0.29) is 27.6 Å². The molecule has 0 spiro atoms. The molecule has 2 N–H and O–H groups in total. The minimum absolute atomic E-state index is 0.0369. The van der Waals surface area contributed by atoms with Crippen molar-refractivity contribution in [3.8, 4) is 11.5 Å². The molecule has 28 heavy (non-hydrogen) atoms. The summed E-state index contributed by atoms with van der Waals surface area (Å²) >= 11 is 5.96. The van der Waals surface area contributed by atoms with Gasteiger partial charge in [0.2, 0.25) is 0 Å². The fourth-order valence-corrected chi connectivity index (χ4v) is 4.47. The molecule has 0 saturated carbocycles. The number of sulfonamides is 1. The van der Waals surface area contributed by atoms with Crippen LogP contribution in [0.2, 0.25) is 5.02 Å². The smallest absolute Gasteiger partial charge is 0.267 e. The van der Waals surface area contributed by atoms with E-state index in [4.69, 9.17) is 20.9 Å². The van der Waals surface area contributed by atoms with Crippen LogP contribution < -0.4 is 14.8 Å². The average molecular weight is 420 g/mol. The zero-order chi connectivity index (χ0) is 20.1. The van der Waals surface area contributed by atoms with Gasteiger partial charge in [-0.15, -0.1) is 0 Å². The fourth-order valence-electron chi connectivity index (χ4n) is 2.92. The number of hydrogen-bond acceptors (Lipinski definition) is 6. The highest BCUT2D eigenvalue weighted by molar-refractivity contribution is 7.92. The molecule has 10 heteroatoms. The molecule has 1 aliphatic heterocycles. The maximum atomic E-state index is 12.7. The molecule has 1 amide bonds. The van der Waals surface area contributed by atoms with Crippen molar-refractivity contribution in [2.45, 2.75) is 18.7 Å². The van der Waals surface area contributed by atoms with Crippen LogP contribution in [0.5, 0.6) is 11.5 Å². The Kier molecular flexibility index (Phi) is 4.28. The van der Waals surface area contributed by atoms with Crippen molar-refractivity contribution in [3.05, 3.63) is 58.4 Å². The third kappa shape index (κ3) is 3.19. The van der Waals surface area contributed by atoms with Crippen LogP contribution in [0.4, 0.5) is 11.4 Å². The number of nitrogens with one attached hydrogen (secondary N) is 2. The van der Waals surface area contributed by atoms with Crippen molar-refractivity contribution in [2.24, 2.45) is 0 Å². The topological polar surface area (TPSA) is 111 Å². The van der Waals surface area contributed by atoms with Crippen molar-refractivity contribution < 1.29 is 22.5 Å². The SMILES string of the molecule is Cc1noc(C)c1S(=O)(=O)Nc1ccc2c(c1)C(=O)Nc1cc(Cl)ccc1O2. The summed E-state index contributed by atoms with van der Waals surface area (Å²) in [6, 6.07) is 9.27. The molecule has 0 fully saturated rings. The molecule has 0 radical (unpaired) electrons. The number of nitrogens with zero attached hydrogens (tertiary/aromatic N) is 1. The standard InChI is InChI=1S/C18H14ClN3O5S/c1-9-17(10(2)27-21-9)28(24,25)22-12-4-6-15-13(8-12)18(23)20-14-7-11(19)3-5-16(14)26-15/h3-8,22H,1-2H3,(H,20,23). The van der Waals surface area contributed by atoms with Crippen molar-refractivity contribution in [1.29, 1.82) is 0 Å². The summed E-state index contributed by atoms with van der Waals surface area (Å²) < 4.78 is 38.5. The number of amides is 1. The molecule has 3 aromatic rings. The van der Waals surface area contributed by atoms with Gasteiger partial charge in [0, 0.05) is 10.7 Å². The lowest BCUT2D eigenvalue weighted by molar-refractivity contribution is 0.102. The number of carbonyl (C=O) groups is 1. The summed E-state index contributed by atoms with van der Waals surface area (Å²) in [7, 11) is -3.94. The number of carbonyl (C=O) groups excluding carboxylic acids is 1. The van der Waals surface area contributed by atoms with E-state index in [1.54, 1.807) is 18.2 Å². The summed E-state index contributed by atoms with van der Waals surface area (Å²) in [5.74, 6) is 0.446. The molecule has 1 aliphatic rings. The Hall–Kier alpha value is -3.04. The number of aryl methyl sites for hydroxylation is 2. The Balaban J connectivity index is 1.70. The summed E-state index contributed by atoms with van der Waals surface area (Å²) in [6.07, 6.45) is 0. The number of aromatic nitrogens is 1. The van der Waals surface area contributed by atoms with Crippen LogP contribution >= 0.6 is 11.6 Å². The van der Waals surface area contributed by atoms with Crippen LogP contribution in [-0.2, 0) is 10.0 Å². The largest absolute Gasteiger partial charge is 0.454 e. The minimum Gasteiger partial charge on any atom is -0.454 e. The van der Waals surface area contributed by atoms with Gasteiger partial charge in [-0.1, -0.05) is 16.8 Å². The van der Waals surface area contributed by atoms with E-state index in [2.05, 4.69) is 15.2 Å². The minimum atomic E-state index is -3.94. The van der Waals surface area contributed by atoms with E-state index in [1.807, 2.05) is 0 Å². The second kappa shape index (κ2) is 6.54. The Morgan fingerprint density at radius 2 is 1.86 bits per heavy atom. The van der Waals surface area contributed by atoms with Crippen LogP contribution in [0.25, 0.3) is 0 Å². The number of ether oxygens (including phenoxy) is 1. The second-order valence-electron chi connectivity index (χ2n) is 6.17. The van der Waals surface area contributed by atoms with Gasteiger partial charge in [-0.2, -0.15) is 0 Å². The van der Waals surface area contributed by atoms with Crippen LogP contribution in [0.15, 0.2) is 45.8 Å². The van der Waals surface area contributed by atoms with Crippen molar-refractivity contribution in [2.75, 3.05) is 10.0 Å². The summed E-state index contributed by atoms with van der Waals surface area (Å²) in [5, 5.41) is 6.81. The van der Waals surface area contributed by atoms with E-state index in [0.29, 0.717) is 22.2 Å². The first kappa shape index (κ1) is 18.3. The van der Waals surface area contributed by atoms with Crippen LogP contribution in [0.3, 0.4) is 0 Å². The van der Waals surface area contributed by atoms with E-state index in [0.717, 1.165) is 0 Å². The van der Waals surface area contributed by atoms with Gasteiger partial charge < -0.3 is 14.6 Å². The number of halogens is 1. The monoisotopic (exact) mass is 419 g/mol. The number of fused-ring (bicyclic) bond motifs is 2. The van der Waals surface area contributed by atoms with Gasteiger partial charge in [0.1, 0.15) is 11.4 Å². The first-order valence-electron chi connectivity index (χ1n) is 8.13. The molecule has 2 heterocycles. The molecule has 0 saturated heterocycles. The predicted molar refractivity (Wildman–Crippen MR) is 103 cm³/mol. The van der Waals surface area contributed by atoms with Crippen molar-refractivity contribution in [3.63, 3.8) is 0 Å². The van der Waals surface area contributed by atoms with Gasteiger partial charge in [0.15, 0.2) is 16.4 Å². The molecule has 2 aromatic carbocycles. The van der Waals surface area contributed by atoms with Crippen LogP contribution in [-0.4, -0.2) is 19.5 Å². The molecule has 0 unspecified atom stereocenters. The van der Waals surface area contributed by atoms with Crippen LogP contribution in [0.1, 0.15) is 21.8 Å². The third-order valence-corrected chi connectivity index (χ3v) is 5.98. The van der Waals surface area contributed by atoms with E-state index in [9.17, 15) is 13.2 Å². The average Bonchev–Trinajstić information content (AvgIpc) is 2.90. The number of anilines is 2. The third-order valence-electron chi connectivity index (χ3n) is 4.12. The lowest BCUT2D eigenvalue weighted by Crippen LogP contribution is -2.16. The van der Waals surface area contributed by atoms with E-state index in [1.165, 1.54) is 32.0 Å². The summed E-state index contributed by atoms with van der Waals surface area (Å²) in [5.41, 5.74) is 1.03. The molecule has 0 atom stereocenters. The molecule has 0 bridgehead atoms. The Labute approximate surface area is 165 Å². The Morgan fingerprint density at radius 3 is 2.57 bits per heavy atom. The first-order valence-corrected chi connectivity index (χ1v) is 9.99. The quantitative estimate of drug-likeness (QED) is 0.661. The van der Waals surface area contributed by atoms with Crippen molar-refractivity contribution in [1.82, 2.24) is 5.16 Å². The Bertz CT molecular complexity index is 1200. The lowest BCUT2D eigenvalue weighted by Gasteiger charge is -2.11. The van der Waals surface area contributed by atoms with Gasteiger partial charge in [-0.05, 0) is 50.2 Å². The fraction of sp³-hybridized carbons (Fsp3) is 0.111. The summed E-state index contributed by atoms with van der Waals surface area (Å²) in [6.45, 7) is 3.04. The molecule has 0 aliphatic carbocycles. The number of benzene rings is 2. The molecule has 1 aromatic heterocycles. The number of rotatable bonds is 3.